The molecule has 0 aromatic carbocycles. The third kappa shape index (κ3) is 1.17. The number of hydrogen-bond acceptors (Lipinski definition) is 1. The first-order valence-corrected chi connectivity index (χ1v) is 4.40. The van der Waals surface area contributed by atoms with Gasteiger partial charge in [0.05, 0.1) is 0 Å². The van der Waals surface area contributed by atoms with Crippen molar-refractivity contribution in [1.82, 2.24) is 5.32 Å². The summed E-state index contributed by atoms with van der Waals surface area (Å²) in [5.74, 6) is 0. The van der Waals surface area contributed by atoms with Gasteiger partial charge in [-0.2, -0.15) is 0 Å². The second-order valence-electron chi connectivity index (χ2n) is 3.63. The molecule has 1 saturated carbocycles. The zero-order valence-corrected chi connectivity index (χ0v) is 7.70. The SMILES string of the molecule is CCNC1CC(Cl)C1(C)C. The van der Waals surface area contributed by atoms with Gasteiger partial charge in [-0.25, -0.2) is 0 Å². The van der Waals surface area contributed by atoms with Crippen LogP contribution in [0.2, 0.25) is 0 Å². The second-order valence-corrected chi connectivity index (χ2v) is 4.16. The molecule has 0 aliphatic heterocycles. The van der Waals surface area contributed by atoms with Gasteiger partial charge in [0.1, 0.15) is 0 Å². The molecule has 1 N–H and O–H groups in total. The quantitative estimate of drug-likeness (QED) is 0.611. The van der Waals surface area contributed by atoms with E-state index in [9.17, 15) is 0 Å². The standard InChI is InChI=1S/C8H16ClN/c1-4-10-7-5-6(9)8(7,2)3/h6-7,10H,4-5H2,1-3H3. The monoisotopic (exact) mass is 161 g/mol. The molecule has 2 atom stereocenters. The Bertz CT molecular complexity index is 120. The Morgan fingerprint density at radius 3 is 2.50 bits per heavy atom. The molecule has 0 aromatic rings. The fourth-order valence-electron chi connectivity index (χ4n) is 1.47. The summed E-state index contributed by atoms with van der Waals surface area (Å²) in [4.78, 5) is 0. The Balaban J connectivity index is 2.39. The van der Waals surface area contributed by atoms with Gasteiger partial charge in [-0.15, -0.1) is 11.6 Å². The van der Waals surface area contributed by atoms with Crippen molar-refractivity contribution in [2.75, 3.05) is 6.54 Å². The highest BCUT2D eigenvalue weighted by Crippen LogP contribution is 2.44. The van der Waals surface area contributed by atoms with Gasteiger partial charge in [0.2, 0.25) is 0 Å². The Labute approximate surface area is 68.1 Å². The molecule has 60 valence electrons. The molecule has 1 aliphatic carbocycles. The molecule has 0 heterocycles. The van der Waals surface area contributed by atoms with Crippen molar-refractivity contribution < 1.29 is 0 Å². The highest BCUT2D eigenvalue weighted by molar-refractivity contribution is 6.21. The minimum Gasteiger partial charge on any atom is -0.314 e. The van der Waals surface area contributed by atoms with Crippen LogP contribution in [-0.4, -0.2) is 18.0 Å². The van der Waals surface area contributed by atoms with Crippen LogP contribution in [0.4, 0.5) is 0 Å². The lowest BCUT2D eigenvalue weighted by Crippen LogP contribution is -2.57. The molecule has 1 nitrogen and oxygen atoms in total. The van der Waals surface area contributed by atoms with E-state index in [1.54, 1.807) is 0 Å². The lowest BCUT2D eigenvalue weighted by Gasteiger charge is -2.49. The molecule has 0 spiro atoms. The van der Waals surface area contributed by atoms with E-state index in [0.717, 1.165) is 13.0 Å². The lowest BCUT2D eigenvalue weighted by molar-refractivity contribution is 0.119. The zero-order chi connectivity index (χ0) is 7.78. The molecular formula is C8H16ClN. The maximum atomic E-state index is 6.03. The van der Waals surface area contributed by atoms with E-state index >= 15 is 0 Å². The normalized spacial score (nSPS) is 37.2. The van der Waals surface area contributed by atoms with E-state index in [0.29, 0.717) is 16.8 Å². The molecule has 10 heavy (non-hydrogen) atoms. The first kappa shape index (κ1) is 8.35. The summed E-state index contributed by atoms with van der Waals surface area (Å²) in [7, 11) is 0. The molecule has 1 aliphatic rings. The Morgan fingerprint density at radius 2 is 2.20 bits per heavy atom. The summed E-state index contributed by atoms with van der Waals surface area (Å²) in [5, 5.41) is 3.79. The summed E-state index contributed by atoms with van der Waals surface area (Å²) in [6, 6.07) is 0.639. The molecule has 0 saturated heterocycles. The van der Waals surface area contributed by atoms with E-state index in [-0.39, 0.29) is 0 Å². The molecule has 0 bridgehead atoms. The number of alkyl halides is 1. The summed E-state index contributed by atoms with van der Waals surface area (Å²) in [5.41, 5.74) is 0.303. The van der Waals surface area contributed by atoms with Gasteiger partial charge in [0, 0.05) is 11.4 Å². The third-order valence-corrected chi connectivity index (χ3v) is 3.34. The molecule has 2 unspecified atom stereocenters. The van der Waals surface area contributed by atoms with Crippen molar-refractivity contribution in [2.24, 2.45) is 5.41 Å². The van der Waals surface area contributed by atoms with Crippen molar-refractivity contribution in [1.29, 1.82) is 0 Å². The predicted molar refractivity (Wildman–Crippen MR) is 45.5 cm³/mol. The minimum absolute atomic E-state index is 0.303. The molecule has 0 aromatic heterocycles. The molecule has 2 heteroatoms. The van der Waals surface area contributed by atoms with Gasteiger partial charge >= 0.3 is 0 Å². The van der Waals surface area contributed by atoms with Gasteiger partial charge in [-0.3, -0.25) is 0 Å². The summed E-state index contributed by atoms with van der Waals surface area (Å²) >= 11 is 6.03. The number of nitrogens with one attached hydrogen (secondary N) is 1. The van der Waals surface area contributed by atoms with Gasteiger partial charge in [0.15, 0.2) is 0 Å². The lowest BCUT2D eigenvalue weighted by atomic mass is 9.67. The minimum atomic E-state index is 0.303. The predicted octanol–water partition coefficient (Wildman–Crippen LogP) is 2.00. The zero-order valence-electron chi connectivity index (χ0n) is 6.95. The fourth-order valence-corrected chi connectivity index (χ4v) is 1.80. The second kappa shape index (κ2) is 2.71. The summed E-state index contributed by atoms with van der Waals surface area (Å²) in [6.07, 6.45) is 1.13. The average molecular weight is 162 g/mol. The summed E-state index contributed by atoms with van der Waals surface area (Å²) in [6.45, 7) is 7.64. The number of hydrogen-bond donors (Lipinski definition) is 1. The molecule has 0 amide bonds. The highest BCUT2D eigenvalue weighted by Gasteiger charge is 2.46. The van der Waals surface area contributed by atoms with Crippen LogP contribution < -0.4 is 5.32 Å². The fraction of sp³-hybridized carbons (Fsp3) is 1.00. The van der Waals surface area contributed by atoms with Crippen LogP contribution in [0.3, 0.4) is 0 Å². The topological polar surface area (TPSA) is 12.0 Å². The van der Waals surface area contributed by atoms with Crippen molar-refractivity contribution in [2.45, 2.75) is 38.6 Å². The van der Waals surface area contributed by atoms with E-state index < -0.39 is 0 Å². The van der Waals surface area contributed by atoms with Crippen LogP contribution in [0.1, 0.15) is 27.2 Å². The smallest absolute Gasteiger partial charge is 0.0416 e. The molecule has 0 radical (unpaired) electrons. The number of rotatable bonds is 2. The van der Waals surface area contributed by atoms with Crippen LogP contribution in [0.25, 0.3) is 0 Å². The van der Waals surface area contributed by atoms with E-state index in [1.807, 2.05) is 0 Å². The van der Waals surface area contributed by atoms with Gasteiger partial charge in [-0.1, -0.05) is 20.8 Å². The van der Waals surface area contributed by atoms with Crippen molar-refractivity contribution >= 4 is 11.6 Å². The van der Waals surface area contributed by atoms with Crippen LogP contribution in [-0.2, 0) is 0 Å². The van der Waals surface area contributed by atoms with Crippen molar-refractivity contribution in [3.63, 3.8) is 0 Å². The molecular weight excluding hydrogens is 146 g/mol. The van der Waals surface area contributed by atoms with Crippen molar-refractivity contribution in [3.8, 4) is 0 Å². The Kier molecular flexibility index (Phi) is 2.26. The number of halogens is 1. The first-order valence-electron chi connectivity index (χ1n) is 3.96. The average Bonchev–Trinajstić information content (AvgIpc) is 1.88. The van der Waals surface area contributed by atoms with Crippen LogP contribution in [0.5, 0.6) is 0 Å². The van der Waals surface area contributed by atoms with Crippen LogP contribution in [0.15, 0.2) is 0 Å². The Hall–Kier alpha value is 0.250. The summed E-state index contributed by atoms with van der Waals surface area (Å²) < 4.78 is 0. The highest BCUT2D eigenvalue weighted by atomic mass is 35.5. The van der Waals surface area contributed by atoms with Gasteiger partial charge in [0.25, 0.3) is 0 Å². The van der Waals surface area contributed by atoms with Crippen LogP contribution in [0, 0.1) is 5.41 Å². The largest absolute Gasteiger partial charge is 0.314 e. The maximum absolute atomic E-state index is 6.03. The third-order valence-electron chi connectivity index (χ3n) is 2.60. The van der Waals surface area contributed by atoms with E-state index in [4.69, 9.17) is 11.6 Å². The Morgan fingerprint density at radius 1 is 1.60 bits per heavy atom. The maximum Gasteiger partial charge on any atom is 0.0416 e. The first-order chi connectivity index (χ1) is 4.59. The van der Waals surface area contributed by atoms with Crippen LogP contribution >= 0.6 is 11.6 Å². The van der Waals surface area contributed by atoms with Gasteiger partial charge < -0.3 is 5.32 Å². The van der Waals surface area contributed by atoms with Gasteiger partial charge in [-0.05, 0) is 18.4 Å². The van der Waals surface area contributed by atoms with E-state index in [2.05, 4.69) is 26.1 Å². The van der Waals surface area contributed by atoms with E-state index in [1.165, 1.54) is 0 Å². The molecule has 1 fully saturated rings. The van der Waals surface area contributed by atoms with Crippen molar-refractivity contribution in [3.05, 3.63) is 0 Å². The molecule has 1 rings (SSSR count).